The lowest BCUT2D eigenvalue weighted by Crippen LogP contribution is -2.43. The predicted molar refractivity (Wildman–Crippen MR) is 111 cm³/mol. The van der Waals surface area contributed by atoms with Crippen molar-refractivity contribution in [3.63, 3.8) is 0 Å². The van der Waals surface area contributed by atoms with Crippen molar-refractivity contribution in [2.75, 3.05) is 7.11 Å². The van der Waals surface area contributed by atoms with Crippen LogP contribution in [0, 0.1) is 0 Å². The summed E-state index contributed by atoms with van der Waals surface area (Å²) in [4.78, 5) is 24.2. The third-order valence-electron chi connectivity index (χ3n) is 4.29. The van der Waals surface area contributed by atoms with Crippen molar-refractivity contribution in [1.82, 2.24) is 10.7 Å². The van der Waals surface area contributed by atoms with Gasteiger partial charge in [-0.15, -0.1) is 0 Å². The van der Waals surface area contributed by atoms with Crippen molar-refractivity contribution in [2.45, 2.75) is 39.2 Å². The minimum atomic E-state index is -0.689. The molecule has 28 heavy (non-hydrogen) atoms. The Morgan fingerprint density at radius 2 is 1.68 bits per heavy atom. The summed E-state index contributed by atoms with van der Waals surface area (Å²) in [6.45, 7) is 5.88. The molecule has 0 saturated heterocycles. The molecule has 0 aromatic heterocycles. The summed E-state index contributed by atoms with van der Waals surface area (Å²) in [6.07, 6.45) is 1.76. The van der Waals surface area contributed by atoms with Crippen LogP contribution in [0.3, 0.4) is 0 Å². The van der Waals surface area contributed by atoms with E-state index in [0.29, 0.717) is 5.92 Å². The van der Waals surface area contributed by atoms with Crippen LogP contribution in [0.2, 0.25) is 0 Å². The molecule has 0 aliphatic carbocycles. The molecule has 0 radical (unpaired) electrons. The van der Waals surface area contributed by atoms with Gasteiger partial charge in [0.15, 0.2) is 0 Å². The maximum atomic E-state index is 12.1. The normalized spacial score (nSPS) is 12.0. The van der Waals surface area contributed by atoms with Gasteiger partial charge in [-0.05, 0) is 41.7 Å². The Labute approximate surface area is 166 Å². The highest BCUT2D eigenvalue weighted by atomic mass is 16.5. The number of rotatable bonds is 8. The van der Waals surface area contributed by atoms with E-state index in [1.165, 1.54) is 5.56 Å². The lowest BCUT2D eigenvalue weighted by atomic mass is 10.0. The molecule has 2 N–H and O–H groups in total. The van der Waals surface area contributed by atoms with Crippen LogP contribution in [-0.4, -0.2) is 31.2 Å². The second-order valence-corrected chi connectivity index (χ2v) is 6.87. The van der Waals surface area contributed by atoms with Gasteiger partial charge >= 0.3 is 0 Å². The Balaban J connectivity index is 1.80. The van der Waals surface area contributed by atoms with E-state index in [2.05, 4.69) is 29.7 Å². The number of benzene rings is 2. The largest absolute Gasteiger partial charge is 0.497 e. The van der Waals surface area contributed by atoms with Crippen LogP contribution < -0.4 is 15.5 Å². The van der Waals surface area contributed by atoms with E-state index in [1.807, 2.05) is 36.4 Å². The standard InChI is InChI=1S/C22H27N3O3/c1-15(2)19-9-5-18(6-10-19)14-23-25-22(27)16(3)24-21(26)13-17-7-11-20(28-4)12-8-17/h5-12,14-16H,13H2,1-4H3,(H,24,26)(H,25,27). The molecule has 0 aliphatic heterocycles. The maximum absolute atomic E-state index is 12.1. The topological polar surface area (TPSA) is 79.8 Å². The van der Waals surface area contributed by atoms with Gasteiger partial charge in [-0.1, -0.05) is 50.2 Å². The van der Waals surface area contributed by atoms with Gasteiger partial charge in [0.25, 0.3) is 5.91 Å². The molecule has 2 rings (SSSR count). The van der Waals surface area contributed by atoms with Crippen molar-refractivity contribution in [3.8, 4) is 5.75 Å². The summed E-state index contributed by atoms with van der Waals surface area (Å²) in [5.41, 5.74) is 5.43. The molecule has 2 amide bonds. The molecule has 2 aromatic carbocycles. The number of nitrogens with one attached hydrogen (secondary N) is 2. The monoisotopic (exact) mass is 381 g/mol. The Kier molecular flexibility index (Phi) is 7.75. The van der Waals surface area contributed by atoms with E-state index in [1.54, 1.807) is 32.4 Å². The number of carbonyl (C=O) groups excluding carboxylic acids is 2. The van der Waals surface area contributed by atoms with Crippen LogP contribution in [0.5, 0.6) is 5.75 Å². The molecule has 0 bridgehead atoms. The second-order valence-electron chi connectivity index (χ2n) is 6.87. The van der Waals surface area contributed by atoms with Gasteiger partial charge in [-0.2, -0.15) is 5.10 Å². The Hall–Kier alpha value is -3.15. The zero-order chi connectivity index (χ0) is 20.5. The number of methoxy groups -OCH3 is 1. The van der Waals surface area contributed by atoms with Crippen molar-refractivity contribution >= 4 is 18.0 Å². The first-order valence-corrected chi connectivity index (χ1v) is 9.24. The predicted octanol–water partition coefficient (Wildman–Crippen LogP) is 3.02. The minimum absolute atomic E-state index is 0.188. The molecule has 0 aliphatic rings. The molecule has 0 saturated carbocycles. The van der Waals surface area contributed by atoms with Gasteiger partial charge in [0.05, 0.1) is 19.7 Å². The van der Waals surface area contributed by atoms with Crippen molar-refractivity contribution < 1.29 is 14.3 Å². The zero-order valence-electron chi connectivity index (χ0n) is 16.7. The van der Waals surface area contributed by atoms with Gasteiger partial charge in [0, 0.05) is 0 Å². The van der Waals surface area contributed by atoms with E-state index in [9.17, 15) is 9.59 Å². The molecule has 0 heterocycles. The second kappa shape index (κ2) is 10.3. The minimum Gasteiger partial charge on any atom is -0.497 e. The summed E-state index contributed by atoms with van der Waals surface area (Å²) >= 11 is 0. The molecular weight excluding hydrogens is 354 g/mol. The van der Waals surface area contributed by atoms with E-state index in [0.717, 1.165) is 16.9 Å². The maximum Gasteiger partial charge on any atom is 0.262 e. The first-order valence-electron chi connectivity index (χ1n) is 9.24. The smallest absolute Gasteiger partial charge is 0.262 e. The fourth-order valence-electron chi connectivity index (χ4n) is 2.52. The highest BCUT2D eigenvalue weighted by Gasteiger charge is 2.15. The fraction of sp³-hybridized carbons (Fsp3) is 0.318. The molecule has 1 unspecified atom stereocenters. The van der Waals surface area contributed by atoms with Crippen molar-refractivity contribution in [3.05, 3.63) is 65.2 Å². The number of hydrogen-bond donors (Lipinski definition) is 2. The van der Waals surface area contributed by atoms with Gasteiger partial charge < -0.3 is 10.1 Å². The number of hydrogen-bond acceptors (Lipinski definition) is 4. The molecule has 1 atom stereocenters. The summed E-state index contributed by atoms with van der Waals surface area (Å²) in [5, 5.41) is 6.63. The number of ether oxygens (including phenoxy) is 1. The number of nitrogens with zero attached hydrogens (tertiary/aromatic N) is 1. The Morgan fingerprint density at radius 1 is 1.04 bits per heavy atom. The fourth-order valence-corrected chi connectivity index (χ4v) is 2.52. The number of carbonyl (C=O) groups is 2. The van der Waals surface area contributed by atoms with Crippen molar-refractivity contribution in [1.29, 1.82) is 0 Å². The highest BCUT2D eigenvalue weighted by molar-refractivity contribution is 5.89. The summed E-state index contributed by atoms with van der Waals surface area (Å²) in [6, 6.07) is 14.5. The molecule has 0 spiro atoms. The van der Waals surface area contributed by atoms with Crippen LogP contribution in [0.1, 0.15) is 43.4 Å². The SMILES string of the molecule is COc1ccc(CC(=O)NC(C)C(=O)NN=Cc2ccc(C(C)C)cc2)cc1. The molecule has 0 fully saturated rings. The van der Waals surface area contributed by atoms with Crippen LogP contribution >= 0.6 is 0 Å². The van der Waals surface area contributed by atoms with Gasteiger partial charge in [0.1, 0.15) is 11.8 Å². The van der Waals surface area contributed by atoms with E-state index in [4.69, 9.17) is 4.74 Å². The molecule has 6 heteroatoms. The zero-order valence-corrected chi connectivity index (χ0v) is 16.7. The molecule has 6 nitrogen and oxygen atoms in total. The van der Waals surface area contributed by atoms with Crippen LogP contribution in [0.25, 0.3) is 0 Å². The Bertz CT molecular complexity index is 812. The van der Waals surface area contributed by atoms with Gasteiger partial charge in [0.2, 0.25) is 5.91 Å². The first kappa shape index (κ1) is 21.2. The number of amides is 2. The van der Waals surface area contributed by atoms with Crippen LogP contribution in [-0.2, 0) is 16.0 Å². The van der Waals surface area contributed by atoms with Gasteiger partial charge in [-0.3, -0.25) is 9.59 Å². The molecule has 2 aromatic rings. The van der Waals surface area contributed by atoms with Crippen LogP contribution in [0.4, 0.5) is 0 Å². The molecule has 148 valence electrons. The average molecular weight is 381 g/mol. The Morgan fingerprint density at radius 3 is 2.25 bits per heavy atom. The molecular formula is C22H27N3O3. The lowest BCUT2D eigenvalue weighted by molar-refractivity contribution is -0.128. The summed E-state index contributed by atoms with van der Waals surface area (Å²) in [7, 11) is 1.59. The highest BCUT2D eigenvalue weighted by Crippen LogP contribution is 2.14. The van der Waals surface area contributed by atoms with Crippen LogP contribution in [0.15, 0.2) is 53.6 Å². The lowest BCUT2D eigenvalue weighted by Gasteiger charge is -2.12. The van der Waals surface area contributed by atoms with Gasteiger partial charge in [-0.25, -0.2) is 5.43 Å². The van der Waals surface area contributed by atoms with E-state index in [-0.39, 0.29) is 18.2 Å². The number of hydrazone groups is 1. The van der Waals surface area contributed by atoms with E-state index < -0.39 is 6.04 Å². The summed E-state index contributed by atoms with van der Waals surface area (Å²) in [5.74, 6) is 0.584. The summed E-state index contributed by atoms with van der Waals surface area (Å²) < 4.78 is 5.09. The first-order chi connectivity index (χ1) is 13.4. The van der Waals surface area contributed by atoms with Crippen molar-refractivity contribution in [2.24, 2.45) is 5.10 Å². The third kappa shape index (κ3) is 6.54. The van der Waals surface area contributed by atoms with E-state index >= 15 is 0 Å². The average Bonchev–Trinajstić information content (AvgIpc) is 2.68. The quantitative estimate of drug-likeness (QED) is 0.545. The third-order valence-corrected chi connectivity index (χ3v) is 4.29.